The first kappa shape index (κ1) is 13.8. The fourth-order valence-corrected chi connectivity index (χ4v) is 1.29. The first-order valence-corrected chi connectivity index (χ1v) is 5.46. The summed E-state index contributed by atoms with van der Waals surface area (Å²) in [6.07, 6.45) is 0. The van der Waals surface area contributed by atoms with E-state index in [4.69, 9.17) is 4.74 Å². The maximum atomic E-state index is 11.4. The summed E-state index contributed by atoms with van der Waals surface area (Å²) < 4.78 is 9.31. The highest BCUT2D eigenvalue weighted by Gasteiger charge is 2.06. The van der Waals surface area contributed by atoms with E-state index in [1.807, 2.05) is 6.92 Å². The molecule has 0 aliphatic carbocycles. The molecule has 0 heterocycles. The number of rotatable bonds is 2. The van der Waals surface area contributed by atoms with Crippen LogP contribution in [0.1, 0.15) is 28.4 Å². The molecule has 1 aromatic carbocycles. The van der Waals surface area contributed by atoms with Gasteiger partial charge in [0.15, 0.2) is 0 Å². The Balaban J connectivity index is 3.01. The second kappa shape index (κ2) is 6.45. The average molecular weight is 246 g/mol. The minimum atomic E-state index is -0.583. The van der Waals surface area contributed by atoms with Gasteiger partial charge in [-0.05, 0) is 31.5 Å². The Hall–Kier alpha value is -2.28. The van der Waals surface area contributed by atoms with E-state index in [0.29, 0.717) is 11.1 Å². The van der Waals surface area contributed by atoms with Gasteiger partial charge in [0.1, 0.15) is 0 Å². The van der Waals surface area contributed by atoms with Gasteiger partial charge in [-0.25, -0.2) is 9.59 Å². The fourth-order valence-electron chi connectivity index (χ4n) is 1.29. The van der Waals surface area contributed by atoms with Crippen LogP contribution in [0.25, 0.3) is 0 Å². The summed E-state index contributed by atoms with van der Waals surface area (Å²) in [5.41, 5.74) is 1.88. The van der Waals surface area contributed by atoms with Crippen LogP contribution in [0.2, 0.25) is 0 Å². The van der Waals surface area contributed by atoms with Gasteiger partial charge in [0, 0.05) is 11.5 Å². The second-order valence-electron chi connectivity index (χ2n) is 3.49. The molecule has 0 amide bonds. The smallest absolute Gasteiger partial charge is 0.384 e. The van der Waals surface area contributed by atoms with Crippen molar-refractivity contribution in [3.8, 4) is 11.8 Å². The Morgan fingerprint density at radius 2 is 2.06 bits per heavy atom. The van der Waals surface area contributed by atoms with Crippen LogP contribution in [0.15, 0.2) is 18.2 Å². The molecule has 1 aromatic rings. The van der Waals surface area contributed by atoms with Crippen LogP contribution in [0.5, 0.6) is 0 Å². The maximum Gasteiger partial charge on any atom is 0.384 e. The molecule has 0 atom stereocenters. The predicted molar refractivity (Wildman–Crippen MR) is 66.0 cm³/mol. The summed E-state index contributed by atoms with van der Waals surface area (Å²) in [4.78, 5) is 22.5. The molecule has 0 saturated carbocycles. The van der Waals surface area contributed by atoms with Crippen LogP contribution in [-0.4, -0.2) is 25.7 Å². The zero-order valence-electron chi connectivity index (χ0n) is 10.6. The van der Waals surface area contributed by atoms with Crippen LogP contribution >= 0.6 is 0 Å². The Morgan fingerprint density at radius 3 is 2.67 bits per heavy atom. The summed E-state index contributed by atoms with van der Waals surface area (Å²) >= 11 is 0. The highest BCUT2D eigenvalue weighted by molar-refractivity contribution is 5.91. The van der Waals surface area contributed by atoms with Gasteiger partial charge < -0.3 is 9.47 Å². The molecule has 4 nitrogen and oxygen atoms in total. The number of ether oxygens (including phenoxy) is 2. The van der Waals surface area contributed by atoms with Crippen LogP contribution in [-0.2, 0) is 14.3 Å². The van der Waals surface area contributed by atoms with Crippen LogP contribution in [0.3, 0.4) is 0 Å². The molecular weight excluding hydrogens is 232 g/mol. The van der Waals surface area contributed by atoms with Gasteiger partial charge in [0.2, 0.25) is 0 Å². The van der Waals surface area contributed by atoms with Crippen molar-refractivity contribution in [2.45, 2.75) is 13.8 Å². The number of methoxy groups -OCH3 is 1. The Morgan fingerprint density at radius 1 is 1.33 bits per heavy atom. The summed E-state index contributed by atoms with van der Waals surface area (Å²) in [6.45, 7) is 3.84. The largest absolute Gasteiger partial charge is 0.465 e. The van der Waals surface area contributed by atoms with Crippen molar-refractivity contribution in [2.24, 2.45) is 0 Å². The van der Waals surface area contributed by atoms with Crippen molar-refractivity contribution in [3.63, 3.8) is 0 Å². The van der Waals surface area contributed by atoms with Gasteiger partial charge in [0.25, 0.3) is 0 Å². The highest BCUT2D eigenvalue weighted by atomic mass is 16.5. The second-order valence-corrected chi connectivity index (χ2v) is 3.49. The number of hydrogen-bond donors (Lipinski definition) is 0. The van der Waals surface area contributed by atoms with Gasteiger partial charge in [-0.1, -0.05) is 12.0 Å². The zero-order chi connectivity index (χ0) is 13.5. The van der Waals surface area contributed by atoms with Gasteiger partial charge in [-0.2, -0.15) is 0 Å². The van der Waals surface area contributed by atoms with E-state index in [-0.39, 0.29) is 6.61 Å². The van der Waals surface area contributed by atoms with E-state index in [0.717, 1.165) is 5.56 Å². The molecule has 0 aromatic heterocycles. The Kier molecular flexibility index (Phi) is 4.94. The maximum absolute atomic E-state index is 11.4. The van der Waals surface area contributed by atoms with Crippen molar-refractivity contribution >= 4 is 11.9 Å². The van der Waals surface area contributed by atoms with E-state index >= 15 is 0 Å². The van der Waals surface area contributed by atoms with Crippen molar-refractivity contribution in [3.05, 3.63) is 34.9 Å². The summed E-state index contributed by atoms with van der Waals surface area (Å²) in [5, 5.41) is 0. The minimum absolute atomic E-state index is 0.286. The molecule has 0 radical (unpaired) electrons. The fraction of sp³-hybridized carbons (Fsp3) is 0.286. The lowest BCUT2D eigenvalue weighted by Crippen LogP contribution is -2.02. The Bertz CT molecular complexity index is 520. The molecule has 0 fully saturated rings. The van der Waals surface area contributed by atoms with Crippen LogP contribution in [0.4, 0.5) is 0 Å². The predicted octanol–water partition coefficient (Wildman–Crippen LogP) is 1.70. The summed E-state index contributed by atoms with van der Waals surface area (Å²) in [6, 6.07) is 4.99. The standard InChI is InChI=1S/C14H14O4/c1-4-18-13(15)8-7-11-9-12(14(16)17-3)6-5-10(11)2/h5-6,9H,4H2,1-3H3. The third-order valence-corrected chi connectivity index (χ3v) is 2.23. The molecule has 0 aliphatic rings. The minimum Gasteiger partial charge on any atom is -0.465 e. The van der Waals surface area contributed by atoms with Crippen LogP contribution < -0.4 is 0 Å². The number of esters is 2. The number of hydrogen-bond acceptors (Lipinski definition) is 4. The van der Waals surface area contributed by atoms with Crippen molar-refractivity contribution in [1.29, 1.82) is 0 Å². The van der Waals surface area contributed by atoms with E-state index in [1.54, 1.807) is 25.1 Å². The van der Waals surface area contributed by atoms with E-state index in [1.165, 1.54) is 7.11 Å². The lowest BCUT2D eigenvalue weighted by Gasteiger charge is -2.02. The molecule has 0 aliphatic heterocycles. The first-order valence-electron chi connectivity index (χ1n) is 5.46. The van der Waals surface area contributed by atoms with Crippen molar-refractivity contribution < 1.29 is 19.1 Å². The monoisotopic (exact) mass is 246 g/mol. The van der Waals surface area contributed by atoms with E-state index in [9.17, 15) is 9.59 Å². The molecule has 0 saturated heterocycles. The molecule has 94 valence electrons. The van der Waals surface area contributed by atoms with Gasteiger partial charge in [0.05, 0.1) is 19.3 Å². The molecule has 0 bridgehead atoms. The van der Waals surface area contributed by atoms with Gasteiger partial charge >= 0.3 is 11.9 Å². The SMILES string of the molecule is CCOC(=O)C#Cc1cc(C(=O)OC)ccc1C. The Labute approximate surface area is 106 Å². The molecule has 4 heteroatoms. The molecule has 0 spiro atoms. The number of carbonyl (C=O) groups is 2. The molecule has 18 heavy (non-hydrogen) atoms. The zero-order valence-corrected chi connectivity index (χ0v) is 10.6. The lowest BCUT2D eigenvalue weighted by molar-refractivity contribution is -0.136. The lowest BCUT2D eigenvalue weighted by atomic mass is 10.1. The topological polar surface area (TPSA) is 52.6 Å². The normalized spacial score (nSPS) is 9.06. The van der Waals surface area contributed by atoms with Crippen molar-refractivity contribution in [2.75, 3.05) is 13.7 Å². The van der Waals surface area contributed by atoms with Crippen molar-refractivity contribution in [1.82, 2.24) is 0 Å². The third kappa shape index (κ3) is 3.63. The molecule has 0 N–H and O–H groups in total. The van der Waals surface area contributed by atoms with Crippen LogP contribution in [0, 0.1) is 18.8 Å². The first-order chi connectivity index (χ1) is 8.58. The quantitative estimate of drug-likeness (QED) is 0.588. The number of benzene rings is 1. The van der Waals surface area contributed by atoms with Gasteiger partial charge in [-0.15, -0.1) is 0 Å². The summed E-state index contributed by atoms with van der Waals surface area (Å²) in [5.74, 6) is 4.03. The third-order valence-electron chi connectivity index (χ3n) is 2.23. The van der Waals surface area contributed by atoms with E-state index in [2.05, 4.69) is 16.6 Å². The summed E-state index contributed by atoms with van der Waals surface area (Å²) in [7, 11) is 1.31. The number of aryl methyl sites for hydroxylation is 1. The molecule has 1 rings (SSSR count). The van der Waals surface area contributed by atoms with E-state index < -0.39 is 11.9 Å². The van der Waals surface area contributed by atoms with Gasteiger partial charge in [-0.3, -0.25) is 0 Å². The average Bonchev–Trinajstić information content (AvgIpc) is 2.37. The molecular formula is C14H14O4. The number of carbonyl (C=O) groups excluding carboxylic acids is 2. The highest BCUT2D eigenvalue weighted by Crippen LogP contribution is 2.11. The molecule has 0 unspecified atom stereocenters.